The Morgan fingerprint density at radius 2 is 2.18 bits per heavy atom. The minimum Gasteiger partial charge on any atom is -0.466 e. The molecular formula is C12H14BrN3O. The Balaban J connectivity index is 2.20. The number of hydrogen-bond donors (Lipinski definition) is 1. The monoisotopic (exact) mass is 295 g/mol. The zero-order valence-corrected chi connectivity index (χ0v) is 11.6. The second-order valence-electron chi connectivity index (χ2n) is 3.95. The van der Waals surface area contributed by atoms with E-state index in [1.54, 1.807) is 6.20 Å². The molecule has 4 nitrogen and oxygen atoms in total. The summed E-state index contributed by atoms with van der Waals surface area (Å²) in [6, 6.07) is 2.18. The van der Waals surface area contributed by atoms with Gasteiger partial charge in [0.05, 0.1) is 10.5 Å². The molecule has 2 heterocycles. The quantitative estimate of drug-likeness (QED) is 0.939. The van der Waals surface area contributed by atoms with Crippen molar-refractivity contribution >= 4 is 21.7 Å². The average molecular weight is 296 g/mol. The van der Waals surface area contributed by atoms with Crippen molar-refractivity contribution in [3.63, 3.8) is 0 Å². The molecule has 17 heavy (non-hydrogen) atoms. The van der Waals surface area contributed by atoms with Crippen LogP contribution in [-0.2, 0) is 0 Å². The first-order valence-electron chi connectivity index (χ1n) is 5.37. The van der Waals surface area contributed by atoms with Crippen molar-refractivity contribution in [3.05, 3.63) is 40.1 Å². The van der Waals surface area contributed by atoms with Gasteiger partial charge in [0.2, 0.25) is 0 Å². The van der Waals surface area contributed by atoms with E-state index in [-0.39, 0.29) is 6.04 Å². The largest absolute Gasteiger partial charge is 0.466 e. The molecule has 2 aromatic rings. The fraction of sp³-hybridized carbons (Fsp3) is 0.333. The molecule has 1 unspecified atom stereocenters. The van der Waals surface area contributed by atoms with E-state index in [1.807, 2.05) is 19.9 Å². The summed E-state index contributed by atoms with van der Waals surface area (Å²) in [6.07, 6.45) is 3.24. The fourth-order valence-corrected chi connectivity index (χ4v) is 2.12. The highest BCUT2D eigenvalue weighted by atomic mass is 79.9. The lowest BCUT2D eigenvalue weighted by Crippen LogP contribution is -2.08. The van der Waals surface area contributed by atoms with Gasteiger partial charge < -0.3 is 9.73 Å². The number of aryl methyl sites for hydroxylation is 2. The normalized spacial score (nSPS) is 12.5. The molecule has 90 valence electrons. The van der Waals surface area contributed by atoms with Crippen LogP contribution in [0.2, 0.25) is 0 Å². The summed E-state index contributed by atoms with van der Waals surface area (Å²) in [5.74, 6) is 2.64. The summed E-state index contributed by atoms with van der Waals surface area (Å²) in [5.41, 5.74) is 1.15. The van der Waals surface area contributed by atoms with Gasteiger partial charge >= 0.3 is 0 Å². The third-order valence-corrected chi connectivity index (χ3v) is 3.15. The molecule has 0 aliphatic carbocycles. The third kappa shape index (κ3) is 2.66. The second-order valence-corrected chi connectivity index (χ2v) is 4.81. The molecule has 0 aromatic carbocycles. The number of nitrogens with one attached hydrogen (secondary N) is 1. The molecule has 1 atom stereocenters. The summed E-state index contributed by atoms with van der Waals surface area (Å²) in [4.78, 5) is 8.11. The summed E-state index contributed by atoms with van der Waals surface area (Å²) < 4.78 is 6.37. The SMILES string of the molecule is Cc1cc(C(C)Nc2ncncc2Br)c(C)o1. The highest BCUT2D eigenvalue weighted by Gasteiger charge is 2.14. The molecule has 0 saturated carbocycles. The van der Waals surface area contributed by atoms with Gasteiger partial charge in [0, 0.05) is 11.8 Å². The topological polar surface area (TPSA) is 51.0 Å². The van der Waals surface area contributed by atoms with E-state index in [0.29, 0.717) is 0 Å². The van der Waals surface area contributed by atoms with Crippen molar-refractivity contribution in [1.29, 1.82) is 0 Å². The number of rotatable bonds is 3. The lowest BCUT2D eigenvalue weighted by molar-refractivity contribution is 0.499. The third-order valence-electron chi connectivity index (χ3n) is 2.57. The lowest BCUT2D eigenvalue weighted by Gasteiger charge is -2.14. The maximum Gasteiger partial charge on any atom is 0.144 e. The van der Waals surface area contributed by atoms with Gasteiger partial charge in [0.25, 0.3) is 0 Å². The Labute approximate surface area is 109 Å². The van der Waals surface area contributed by atoms with Crippen LogP contribution < -0.4 is 5.32 Å². The van der Waals surface area contributed by atoms with Gasteiger partial charge in [-0.05, 0) is 42.8 Å². The van der Waals surface area contributed by atoms with Gasteiger partial charge in [-0.2, -0.15) is 0 Å². The predicted molar refractivity (Wildman–Crippen MR) is 70.0 cm³/mol. The Morgan fingerprint density at radius 1 is 1.41 bits per heavy atom. The summed E-state index contributed by atoms with van der Waals surface area (Å²) in [5, 5.41) is 3.32. The number of furan rings is 1. The molecular weight excluding hydrogens is 282 g/mol. The Hall–Kier alpha value is -1.36. The van der Waals surface area contributed by atoms with Crippen LogP contribution in [0.1, 0.15) is 30.0 Å². The van der Waals surface area contributed by atoms with Crippen molar-refractivity contribution in [3.8, 4) is 0 Å². The smallest absolute Gasteiger partial charge is 0.144 e. The number of halogens is 1. The fourth-order valence-electron chi connectivity index (χ4n) is 1.78. The highest BCUT2D eigenvalue weighted by Crippen LogP contribution is 2.26. The zero-order chi connectivity index (χ0) is 12.4. The van der Waals surface area contributed by atoms with E-state index in [0.717, 1.165) is 27.4 Å². The molecule has 0 aliphatic rings. The Kier molecular flexibility index (Phi) is 3.47. The van der Waals surface area contributed by atoms with Crippen molar-refractivity contribution in [2.45, 2.75) is 26.8 Å². The molecule has 5 heteroatoms. The van der Waals surface area contributed by atoms with Crippen LogP contribution in [0.5, 0.6) is 0 Å². The van der Waals surface area contributed by atoms with Gasteiger partial charge in [-0.1, -0.05) is 0 Å². The molecule has 0 aliphatic heterocycles. The number of nitrogens with zero attached hydrogens (tertiary/aromatic N) is 2. The summed E-state index contributed by atoms with van der Waals surface area (Å²) in [6.45, 7) is 5.99. The first-order valence-corrected chi connectivity index (χ1v) is 6.16. The number of aromatic nitrogens is 2. The van der Waals surface area contributed by atoms with E-state index in [2.05, 4.69) is 38.1 Å². The predicted octanol–water partition coefficient (Wildman–Crippen LogP) is 3.62. The van der Waals surface area contributed by atoms with Crippen LogP contribution >= 0.6 is 15.9 Å². The maximum absolute atomic E-state index is 5.52. The Bertz CT molecular complexity index is 524. The molecule has 0 amide bonds. The first-order chi connectivity index (χ1) is 8.08. The van der Waals surface area contributed by atoms with E-state index in [1.165, 1.54) is 6.33 Å². The minimum absolute atomic E-state index is 0.138. The summed E-state index contributed by atoms with van der Waals surface area (Å²) >= 11 is 3.41. The second kappa shape index (κ2) is 4.87. The molecule has 0 bridgehead atoms. The Morgan fingerprint density at radius 3 is 2.76 bits per heavy atom. The number of hydrogen-bond acceptors (Lipinski definition) is 4. The molecule has 0 radical (unpaired) electrons. The van der Waals surface area contributed by atoms with E-state index >= 15 is 0 Å². The highest BCUT2D eigenvalue weighted by molar-refractivity contribution is 9.10. The van der Waals surface area contributed by atoms with Crippen LogP contribution in [0.4, 0.5) is 5.82 Å². The molecule has 0 fully saturated rings. The summed E-state index contributed by atoms with van der Waals surface area (Å²) in [7, 11) is 0. The van der Waals surface area contributed by atoms with Crippen LogP contribution in [0.3, 0.4) is 0 Å². The van der Waals surface area contributed by atoms with E-state index in [4.69, 9.17) is 4.42 Å². The van der Waals surface area contributed by atoms with E-state index < -0.39 is 0 Å². The molecule has 2 rings (SSSR count). The van der Waals surface area contributed by atoms with E-state index in [9.17, 15) is 0 Å². The van der Waals surface area contributed by atoms with Gasteiger partial charge in [-0.3, -0.25) is 0 Å². The van der Waals surface area contributed by atoms with Crippen LogP contribution in [0, 0.1) is 13.8 Å². The van der Waals surface area contributed by atoms with Gasteiger partial charge in [0.15, 0.2) is 0 Å². The van der Waals surface area contributed by atoms with Crippen molar-refractivity contribution in [2.75, 3.05) is 5.32 Å². The first kappa shape index (κ1) is 12.1. The van der Waals surface area contributed by atoms with Crippen LogP contribution in [0.15, 0.2) is 27.5 Å². The maximum atomic E-state index is 5.52. The molecule has 0 spiro atoms. The van der Waals surface area contributed by atoms with Gasteiger partial charge in [-0.15, -0.1) is 0 Å². The zero-order valence-electron chi connectivity index (χ0n) is 9.99. The van der Waals surface area contributed by atoms with Crippen molar-refractivity contribution in [1.82, 2.24) is 9.97 Å². The molecule has 2 aromatic heterocycles. The van der Waals surface area contributed by atoms with Crippen molar-refractivity contribution < 1.29 is 4.42 Å². The van der Waals surface area contributed by atoms with Gasteiger partial charge in [0.1, 0.15) is 23.7 Å². The van der Waals surface area contributed by atoms with Crippen LogP contribution in [0.25, 0.3) is 0 Å². The van der Waals surface area contributed by atoms with Gasteiger partial charge in [-0.25, -0.2) is 9.97 Å². The lowest BCUT2D eigenvalue weighted by atomic mass is 10.1. The number of anilines is 1. The average Bonchev–Trinajstić information content (AvgIpc) is 2.61. The minimum atomic E-state index is 0.138. The molecule has 0 saturated heterocycles. The standard InChI is InChI=1S/C12H14BrN3O/c1-7-4-10(9(3)17-7)8(2)16-12-11(13)5-14-6-15-12/h4-6,8H,1-3H3,(H,14,15,16). The van der Waals surface area contributed by atoms with Crippen molar-refractivity contribution in [2.24, 2.45) is 0 Å². The molecule has 1 N–H and O–H groups in total. The van der Waals surface area contributed by atoms with Crippen LogP contribution in [-0.4, -0.2) is 9.97 Å².